The third kappa shape index (κ3) is 4.11. The fourth-order valence-electron chi connectivity index (χ4n) is 12.1. The van der Waals surface area contributed by atoms with Crippen molar-refractivity contribution >= 4 is 5.97 Å². The van der Waals surface area contributed by atoms with Crippen LogP contribution in [0.1, 0.15) is 106 Å². The van der Waals surface area contributed by atoms with Gasteiger partial charge in [0.2, 0.25) is 0 Å². The van der Waals surface area contributed by atoms with Crippen molar-refractivity contribution < 1.29 is 39.8 Å². The lowest BCUT2D eigenvalue weighted by Gasteiger charge is -2.72. The molecule has 14 atom stereocenters. The molecular formula is C35H56O8. The van der Waals surface area contributed by atoms with Crippen LogP contribution in [0, 0.1) is 50.7 Å². The summed E-state index contributed by atoms with van der Waals surface area (Å²) in [5.74, 6) is -0.306. The zero-order valence-corrected chi connectivity index (χ0v) is 27.3. The van der Waals surface area contributed by atoms with E-state index in [1.165, 1.54) is 5.57 Å². The lowest BCUT2D eigenvalue weighted by molar-refractivity contribution is -0.308. The van der Waals surface area contributed by atoms with Gasteiger partial charge in [0.25, 0.3) is 0 Å². The molecule has 0 unspecified atom stereocenters. The van der Waals surface area contributed by atoms with Gasteiger partial charge in [-0.05, 0) is 104 Å². The summed E-state index contributed by atoms with van der Waals surface area (Å²) in [4.78, 5) is 13.0. The number of hydrogen-bond donors (Lipinski definition) is 5. The van der Waals surface area contributed by atoms with E-state index in [0.29, 0.717) is 24.7 Å². The van der Waals surface area contributed by atoms with Gasteiger partial charge in [0, 0.05) is 5.92 Å². The molecule has 5 N–H and O–H groups in total. The van der Waals surface area contributed by atoms with Gasteiger partial charge in [0.1, 0.15) is 18.3 Å². The average Bonchev–Trinajstić information content (AvgIpc) is 2.92. The zero-order chi connectivity index (χ0) is 31.5. The SMILES string of the molecule is C[C@@H]1CC[C@]2(C(=O)O)CC[C@]3(C)C(=CC[C@H]4[C@@]5(C)CC[C@H](O[C@@H]6OC[C@@H](O)[C@H](O)[C@@H]6O)C(C)(C)[C@@H]5CC[C@]43C)[C@@H]2[C@]1(C)O. The van der Waals surface area contributed by atoms with Gasteiger partial charge < -0.3 is 35.0 Å². The van der Waals surface area contributed by atoms with E-state index in [2.05, 4.69) is 47.6 Å². The molecule has 1 aliphatic heterocycles. The summed E-state index contributed by atoms with van der Waals surface area (Å²) >= 11 is 0. The average molecular weight is 605 g/mol. The molecule has 5 fully saturated rings. The fraction of sp³-hybridized carbons (Fsp3) is 0.914. The molecule has 0 radical (unpaired) electrons. The summed E-state index contributed by atoms with van der Waals surface area (Å²) in [6, 6.07) is 0. The number of rotatable bonds is 3. The fourth-order valence-corrected chi connectivity index (χ4v) is 12.1. The highest BCUT2D eigenvalue weighted by molar-refractivity contribution is 5.77. The third-order valence-corrected chi connectivity index (χ3v) is 15.2. The van der Waals surface area contributed by atoms with E-state index >= 15 is 0 Å². The second-order valence-corrected chi connectivity index (χ2v) is 17.1. The lowest BCUT2D eigenvalue weighted by atomic mass is 9.33. The molecule has 0 aromatic carbocycles. The first kappa shape index (κ1) is 31.9. The second kappa shape index (κ2) is 9.98. The van der Waals surface area contributed by atoms with E-state index in [1.54, 1.807) is 0 Å². The molecule has 0 spiro atoms. The van der Waals surface area contributed by atoms with Crippen LogP contribution in [0.2, 0.25) is 0 Å². The molecule has 4 saturated carbocycles. The van der Waals surface area contributed by atoms with Crippen molar-refractivity contribution in [3.05, 3.63) is 11.6 Å². The topological polar surface area (TPSA) is 137 Å². The van der Waals surface area contributed by atoms with Crippen LogP contribution in [0.3, 0.4) is 0 Å². The molecule has 0 aromatic rings. The number of hydrogen-bond acceptors (Lipinski definition) is 7. The van der Waals surface area contributed by atoms with Crippen molar-refractivity contribution in [3.8, 4) is 0 Å². The van der Waals surface area contributed by atoms with Crippen LogP contribution in [-0.2, 0) is 14.3 Å². The minimum atomic E-state index is -1.30. The summed E-state index contributed by atoms with van der Waals surface area (Å²) in [7, 11) is 0. The quantitative estimate of drug-likeness (QED) is 0.232. The van der Waals surface area contributed by atoms with Gasteiger partial charge in [0.15, 0.2) is 6.29 Å². The van der Waals surface area contributed by atoms with E-state index in [0.717, 1.165) is 44.9 Å². The number of aliphatic carboxylic acids is 1. The van der Waals surface area contributed by atoms with Crippen molar-refractivity contribution in [2.75, 3.05) is 6.61 Å². The number of carboxylic acid groups (broad SMARTS) is 1. The number of allylic oxidation sites excluding steroid dienone is 1. The van der Waals surface area contributed by atoms with E-state index in [9.17, 15) is 30.3 Å². The molecule has 8 nitrogen and oxygen atoms in total. The number of carboxylic acids is 1. The third-order valence-electron chi connectivity index (χ3n) is 15.2. The van der Waals surface area contributed by atoms with Crippen LogP contribution in [0.5, 0.6) is 0 Å². The maximum atomic E-state index is 13.0. The normalized spacial score (nSPS) is 56.1. The standard InChI is InChI=1S/C35H56O8/c1-19-10-15-35(29(39)40)17-16-32(5)20(27(35)34(19,7)41)8-9-23-31(4)13-12-24(30(2,3)22(31)11-14-33(23,32)6)43-28-26(38)25(37)21(36)18-42-28/h8,19,21-28,36-38,41H,9-18H2,1-7H3,(H,39,40)/t19-,21-,22+,23+,24+,25+,26+,27-,28+,31+,32-,33-,34-,35+/m1/s1. The molecule has 6 aliphatic rings. The lowest BCUT2D eigenvalue weighted by Crippen LogP contribution is -2.68. The Balaban J connectivity index is 1.33. The highest BCUT2D eigenvalue weighted by Gasteiger charge is 2.71. The van der Waals surface area contributed by atoms with Gasteiger partial charge in [-0.1, -0.05) is 53.2 Å². The second-order valence-electron chi connectivity index (χ2n) is 17.1. The number of carbonyl (C=O) groups is 1. The minimum absolute atomic E-state index is 0.0313. The largest absolute Gasteiger partial charge is 0.481 e. The first-order valence-electron chi connectivity index (χ1n) is 16.9. The molecule has 0 aromatic heterocycles. The Kier molecular flexibility index (Phi) is 7.41. The van der Waals surface area contributed by atoms with Gasteiger partial charge in [0.05, 0.1) is 23.7 Å². The predicted molar refractivity (Wildman–Crippen MR) is 161 cm³/mol. The van der Waals surface area contributed by atoms with Gasteiger partial charge in [-0.2, -0.15) is 0 Å². The summed E-state index contributed by atoms with van der Waals surface area (Å²) in [6.07, 6.45) is 5.06. The van der Waals surface area contributed by atoms with Crippen LogP contribution in [0.15, 0.2) is 11.6 Å². The first-order chi connectivity index (χ1) is 19.9. The van der Waals surface area contributed by atoms with Gasteiger partial charge >= 0.3 is 5.97 Å². The molecule has 6 rings (SSSR count). The maximum absolute atomic E-state index is 13.0. The Morgan fingerprint density at radius 2 is 1.60 bits per heavy atom. The Morgan fingerprint density at radius 3 is 2.28 bits per heavy atom. The van der Waals surface area contributed by atoms with E-state index in [1.807, 2.05) is 6.92 Å². The van der Waals surface area contributed by atoms with Crippen molar-refractivity contribution in [1.29, 1.82) is 0 Å². The summed E-state index contributed by atoms with van der Waals surface area (Å²) in [5, 5.41) is 53.4. The maximum Gasteiger partial charge on any atom is 0.310 e. The van der Waals surface area contributed by atoms with Gasteiger partial charge in [-0.3, -0.25) is 4.79 Å². The van der Waals surface area contributed by atoms with E-state index in [4.69, 9.17) is 9.47 Å². The van der Waals surface area contributed by atoms with Crippen molar-refractivity contribution in [3.63, 3.8) is 0 Å². The van der Waals surface area contributed by atoms with Crippen LogP contribution in [-0.4, -0.2) is 74.4 Å². The predicted octanol–water partition coefficient (Wildman–Crippen LogP) is 4.67. The molecular weight excluding hydrogens is 548 g/mol. The number of ether oxygens (including phenoxy) is 2. The zero-order valence-electron chi connectivity index (χ0n) is 27.3. The Morgan fingerprint density at radius 1 is 0.907 bits per heavy atom. The van der Waals surface area contributed by atoms with Crippen molar-refractivity contribution in [2.24, 2.45) is 50.7 Å². The van der Waals surface area contributed by atoms with Crippen LogP contribution in [0.4, 0.5) is 0 Å². The van der Waals surface area contributed by atoms with Gasteiger partial charge in [-0.15, -0.1) is 0 Å². The molecule has 1 heterocycles. The smallest absolute Gasteiger partial charge is 0.310 e. The molecule has 5 aliphatic carbocycles. The first-order valence-corrected chi connectivity index (χ1v) is 16.9. The Bertz CT molecular complexity index is 1160. The highest BCUT2D eigenvalue weighted by Crippen LogP contribution is 2.76. The Hall–Kier alpha value is -1.03. The van der Waals surface area contributed by atoms with Crippen LogP contribution < -0.4 is 0 Å². The number of aliphatic hydroxyl groups excluding tert-OH is 3. The number of fused-ring (bicyclic) bond motifs is 7. The van der Waals surface area contributed by atoms with E-state index in [-0.39, 0.29) is 46.2 Å². The van der Waals surface area contributed by atoms with E-state index < -0.39 is 41.6 Å². The molecule has 244 valence electrons. The summed E-state index contributed by atoms with van der Waals surface area (Å²) in [6.45, 7) is 15.8. The summed E-state index contributed by atoms with van der Waals surface area (Å²) < 4.78 is 12.1. The van der Waals surface area contributed by atoms with Crippen LogP contribution >= 0.6 is 0 Å². The minimum Gasteiger partial charge on any atom is -0.481 e. The molecule has 1 saturated heterocycles. The molecule has 43 heavy (non-hydrogen) atoms. The Labute approximate surface area is 257 Å². The van der Waals surface area contributed by atoms with Crippen molar-refractivity contribution in [2.45, 2.75) is 143 Å². The van der Waals surface area contributed by atoms with Crippen LogP contribution in [0.25, 0.3) is 0 Å². The molecule has 0 amide bonds. The molecule has 0 bridgehead atoms. The van der Waals surface area contributed by atoms with Crippen molar-refractivity contribution in [1.82, 2.24) is 0 Å². The monoisotopic (exact) mass is 604 g/mol. The summed E-state index contributed by atoms with van der Waals surface area (Å²) in [5.41, 5.74) is -1.16. The van der Waals surface area contributed by atoms with Gasteiger partial charge in [-0.25, -0.2) is 0 Å². The number of aliphatic hydroxyl groups is 4. The highest BCUT2D eigenvalue weighted by atomic mass is 16.7. The molecule has 8 heteroatoms.